The number of aryl methyl sites for hydroxylation is 1. The smallest absolute Gasteiger partial charge is 0.169 e. The van der Waals surface area contributed by atoms with Crippen LogP contribution in [0.3, 0.4) is 0 Å². The largest absolute Gasteiger partial charge is 0.508 e. The van der Waals surface area contributed by atoms with Gasteiger partial charge in [-0.2, -0.15) is 0 Å². The third kappa shape index (κ3) is 2.55. The van der Waals surface area contributed by atoms with Gasteiger partial charge >= 0.3 is 0 Å². The summed E-state index contributed by atoms with van der Waals surface area (Å²) in [6, 6.07) is 7.10. The van der Waals surface area contributed by atoms with E-state index in [-0.39, 0.29) is 5.75 Å². The van der Waals surface area contributed by atoms with E-state index in [1.807, 2.05) is 13.0 Å². The van der Waals surface area contributed by atoms with Crippen molar-refractivity contribution in [3.05, 3.63) is 40.1 Å². The van der Waals surface area contributed by atoms with Crippen molar-refractivity contribution in [2.24, 2.45) is 0 Å². The molecule has 0 atom stereocenters. The van der Waals surface area contributed by atoms with Crippen molar-refractivity contribution in [3.63, 3.8) is 0 Å². The summed E-state index contributed by atoms with van der Waals surface area (Å²) in [5.41, 5.74) is 0.801. The lowest BCUT2D eigenvalue weighted by Gasteiger charge is -2.05. The summed E-state index contributed by atoms with van der Waals surface area (Å²) >= 11 is 3.35. The van der Waals surface area contributed by atoms with E-state index in [2.05, 4.69) is 26.4 Å². The first-order valence-corrected chi connectivity index (χ1v) is 5.59. The molecule has 2 aromatic rings. The molecular weight excluding hydrogens is 272 g/mol. The molecule has 4 nitrogen and oxygen atoms in total. The summed E-state index contributed by atoms with van der Waals surface area (Å²) < 4.78 is 5.85. The molecule has 0 saturated carbocycles. The average molecular weight is 283 g/mol. The third-order valence-electron chi connectivity index (χ3n) is 2.13. The molecule has 2 N–H and O–H groups in total. The van der Waals surface area contributed by atoms with Gasteiger partial charge in [-0.05, 0) is 25.1 Å². The lowest BCUT2D eigenvalue weighted by molar-refractivity contribution is 0.399. The van der Waals surface area contributed by atoms with Crippen LogP contribution in [-0.4, -0.2) is 10.3 Å². The lowest BCUT2D eigenvalue weighted by atomic mass is 10.2. The van der Waals surface area contributed by atoms with Crippen LogP contribution in [0.4, 0.5) is 5.82 Å². The van der Waals surface area contributed by atoms with Crippen LogP contribution in [0, 0.1) is 6.92 Å². The van der Waals surface area contributed by atoms with Crippen LogP contribution in [0.5, 0.6) is 5.75 Å². The Kier molecular flexibility index (Phi) is 3.14. The summed E-state index contributed by atoms with van der Waals surface area (Å²) in [6.07, 6.45) is 0. The van der Waals surface area contributed by atoms with Crippen molar-refractivity contribution in [3.8, 4) is 5.75 Å². The summed E-state index contributed by atoms with van der Waals surface area (Å²) in [6.45, 7) is 2.33. The van der Waals surface area contributed by atoms with Gasteiger partial charge in [0.15, 0.2) is 5.82 Å². The quantitative estimate of drug-likeness (QED) is 0.909. The molecule has 1 aromatic carbocycles. The fourth-order valence-corrected chi connectivity index (χ4v) is 1.74. The van der Waals surface area contributed by atoms with E-state index in [0.717, 1.165) is 15.8 Å². The van der Waals surface area contributed by atoms with Crippen LogP contribution in [0.15, 0.2) is 33.3 Å². The van der Waals surface area contributed by atoms with E-state index in [1.54, 1.807) is 18.2 Å². The van der Waals surface area contributed by atoms with Crippen LogP contribution >= 0.6 is 15.9 Å². The van der Waals surface area contributed by atoms with Crippen molar-refractivity contribution in [2.75, 3.05) is 5.32 Å². The molecule has 0 bridgehead atoms. The molecule has 0 spiro atoms. The number of nitrogens with zero attached hydrogens (tertiary/aromatic N) is 1. The van der Waals surface area contributed by atoms with E-state index in [4.69, 9.17) is 4.52 Å². The van der Waals surface area contributed by atoms with Crippen LogP contribution < -0.4 is 5.32 Å². The molecule has 0 amide bonds. The molecule has 0 aliphatic rings. The first kappa shape index (κ1) is 11.0. The van der Waals surface area contributed by atoms with Gasteiger partial charge in [-0.1, -0.05) is 21.1 Å². The van der Waals surface area contributed by atoms with E-state index in [9.17, 15) is 5.11 Å². The molecule has 0 unspecified atom stereocenters. The first-order valence-electron chi connectivity index (χ1n) is 4.80. The number of aromatic nitrogens is 1. The normalized spacial score (nSPS) is 10.4. The van der Waals surface area contributed by atoms with E-state index in [0.29, 0.717) is 12.4 Å². The van der Waals surface area contributed by atoms with E-state index < -0.39 is 0 Å². The molecule has 2 rings (SSSR count). The number of benzene rings is 1. The number of halogens is 1. The third-order valence-corrected chi connectivity index (χ3v) is 2.62. The van der Waals surface area contributed by atoms with Crippen LogP contribution in [0.1, 0.15) is 11.3 Å². The molecule has 0 aliphatic carbocycles. The molecule has 84 valence electrons. The molecule has 16 heavy (non-hydrogen) atoms. The lowest BCUT2D eigenvalue weighted by Crippen LogP contribution is -1.99. The molecule has 0 aliphatic heterocycles. The van der Waals surface area contributed by atoms with Gasteiger partial charge in [0, 0.05) is 22.6 Å². The number of phenolic OH excluding ortho intramolecular Hbond substituents is 1. The average Bonchev–Trinajstić information content (AvgIpc) is 2.66. The Morgan fingerprint density at radius 3 is 2.94 bits per heavy atom. The Balaban J connectivity index is 2.07. The summed E-state index contributed by atoms with van der Waals surface area (Å²) in [7, 11) is 0. The minimum Gasteiger partial charge on any atom is -0.508 e. The standard InChI is InChI=1S/C11H11BrN2O2/c1-7-4-11(14-16-7)13-6-8-5-9(12)2-3-10(8)15/h2-5,15H,6H2,1H3,(H,13,14). The number of hydrogen-bond acceptors (Lipinski definition) is 4. The zero-order valence-electron chi connectivity index (χ0n) is 8.70. The molecule has 1 heterocycles. The zero-order chi connectivity index (χ0) is 11.5. The SMILES string of the molecule is Cc1cc(NCc2cc(Br)ccc2O)no1. The summed E-state index contributed by atoms with van der Waals surface area (Å²) in [4.78, 5) is 0. The summed E-state index contributed by atoms with van der Waals surface area (Å²) in [5, 5.41) is 16.5. The second-order valence-corrected chi connectivity index (χ2v) is 4.37. The second kappa shape index (κ2) is 4.57. The van der Waals surface area contributed by atoms with Crippen molar-refractivity contribution >= 4 is 21.7 Å². The topological polar surface area (TPSA) is 58.3 Å². The number of phenols is 1. The first-order chi connectivity index (χ1) is 7.65. The molecule has 0 radical (unpaired) electrons. The number of aromatic hydroxyl groups is 1. The highest BCUT2D eigenvalue weighted by Crippen LogP contribution is 2.22. The molecule has 5 heteroatoms. The van der Waals surface area contributed by atoms with Crippen molar-refractivity contribution in [2.45, 2.75) is 13.5 Å². The fourth-order valence-electron chi connectivity index (χ4n) is 1.33. The van der Waals surface area contributed by atoms with Crippen molar-refractivity contribution < 1.29 is 9.63 Å². The van der Waals surface area contributed by atoms with Crippen LogP contribution in [0.2, 0.25) is 0 Å². The second-order valence-electron chi connectivity index (χ2n) is 3.45. The fraction of sp³-hybridized carbons (Fsp3) is 0.182. The van der Waals surface area contributed by atoms with Crippen molar-refractivity contribution in [1.82, 2.24) is 5.16 Å². The van der Waals surface area contributed by atoms with Gasteiger partial charge in [-0.15, -0.1) is 0 Å². The maximum Gasteiger partial charge on any atom is 0.169 e. The maximum atomic E-state index is 9.61. The van der Waals surface area contributed by atoms with Gasteiger partial charge in [-0.3, -0.25) is 0 Å². The number of hydrogen-bond donors (Lipinski definition) is 2. The van der Waals surface area contributed by atoms with Crippen LogP contribution in [0.25, 0.3) is 0 Å². The molecule has 0 saturated heterocycles. The number of rotatable bonds is 3. The Morgan fingerprint density at radius 1 is 1.44 bits per heavy atom. The Bertz CT molecular complexity index is 496. The predicted molar refractivity (Wildman–Crippen MR) is 64.4 cm³/mol. The van der Waals surface area contributed by atoms with Crippen LogP contribution in [-0.2, 0) is 6.54 Å². The zero-order valence-corrected chi connectivity index (χ0v) is 10.3. The minimum absolute atomic E-state index is 0.260. The summed E-state index contributed by atoms with van der Waals surface area (Å²) in [5.74, 6) is 1.67. The van der Waals surface area contributed by atoms with Gasteiger partial charge in [0.05, 0.1) is 0 Å². The van der Waals surface area contributed by atoms with Gasteiger partial charge in [-0.25, -0.2) is 0 Å². The van der Waals surface area contributed by atoms with Gasteiger partial charge in [0.1, 0.15) is 11.5 Å². The number of nitrogens with one attached hydrogen (secondary N) is 1. The molecule has 0 fully saturated rings. The molecular formula is C11H11BrN2O2. The van der Waals surface area contributed by atoms with E-state index >= 15 is 0 Å². The highest BCUT2D eigenvalue weighted by atomic mass is 79.9. The Morgan fingerprint density at radius 2 is 2.25 bits per heavy atom. The highest BCUT2D eigenvalue weighted by molar-refractivity contribution is 9.10. The number of anilines is 1. The van der Waals surface area contributed by atoms with Crippen molar-refractivity contribution in [1.29, 1.82) is 0 Å². The highest BCUT2D eigenvalue weighted by Gasteiger charge is 2.03. The predicted octanol–water partition coefficient (Wildman–Crippen LogP) is 3.06. The van der Waals surface area contributed by atoms with Gasteiger partial charge < -0.3 is 14.9 Å². The maximum absolute atomic E-state index is 9.61. The molecule has 1 aromatic heterocycles. The monoisotopic (exact) mass is 282 g/mol. The Hall–Kier alpha value is -1.49. The van der Waals surface area contributed by atoms with E-state index in [1.165, 1.54) is 0 Å². The minimum atomic E-state index is 0.260. The Labute approximate surface area is 101 Å². The van der Waals surface area contributed by atoms with Gasteiger partial charge in [0.25, 0.3) is 0 Å². The van der Waals surface area contributed by atoms with Gasteiger partial charge in [0.2, 0.25) is 0 Å².